The van der Waals surface area contributed by atoms with Gasteiger partial charge in [0.2, 0.25) is 0 Å². The number of hydrogen-bond donors (Lipinski definition) is 0. The molecule has 0 aliphatic carbocycles. The van der Waals surface area contributed by atoms with E-state index in [4.69, 9.17) is 0 Å². The number of anilines is 1. The molecule has 9 heteroatoms. The first-order valence-electron chi connectivity index (χ1n) is 8.77. The highest BCUT2D eigenvalue weighted by molar-refractivity contribution is 7.13. The molecule has 1 saturated heterocycles. The number of nitrogens with zero attached hydrogens (tertiary/aromatic N) is 7. The van der Waals surface area contributed by atoms with Gasteiger partial charge in [0.05, 0.1) is 4.70 Å². The molecule has 0 saturated carbocycles. The topological polar surface area (TPSA) is 79.5 Å². The third kappa shape index (κ3) is 2.71. The summed E-state index contributed by atoms with van der Waals surface area (Å²) >= 11 is 1.37. The molecule has 0 radical (unpaired) electrons. The number of hydrogen-bond acceptors (Lipinski definition) is 7. The summed E-state index contributed by atoms with van der Waals surface area (Å²) in [7, 11) is 0. The van der Waals surface area contributed by atoms with Gasteiger partial charge in [-0.1, -0.05) is 18.2 Å². The zero-order valence-electron chi connectivity index (χ0n) is 14.7. The van der Waals surface area contributed by atoms with E-state index in [1.807, 2.05) is 42.2 Å². The van der Waals surface area contributed by atoms with Crippen molar-refractivity contribution in [1.29, 1.82) is 0 Å². The zero-order chi connectivity index (χ0) is 18.4. The maximum Gasteiger partial charge on any atom is 0.274 e. The van der Waals surface area contributed by atoms with Crippen LogP contribution in [0.2, 0.25) is 0 Å². The van der Waals surface area contributed by atoms with Gasteiger partial charge in [0.15, 0.2) is 0 Å². The predicted octanol–water partition coefficient (Wildman–Crippen LogP) is 2.00. The van der Waals surface area contributed by atoms with Crippen molar-refractivity contribution in [2.24, 2.45) is 0 Å². The number of fused-ring (bicyclic) bond motifs is 2. The minimum absolute atomic E-state index is 0.00362. The summed E-state index contributed by atoms with van der Waals surface area (Å²) in [6.07, 6.45) is 1.51. The average Bonchev–Trinajstić information content (AvgIpc) is 3.33. The van der Waals surface area contributed by atoms with Gasteiger partial charge in [-0.25, -0.2) is 4.98 Å². The Bertz CT molecular complexity index is 1140. The van der Waals surface area contributed by atoms with Crippen LogP contribution in [0.25, 0.3) is 15.9 Å². The number of rotatable bonds is 2. The molecule has 0 N–H and O–H groups in total. The monoisotopic (exact) mass is 379 g/mol. The third-order valence-corrected chi connectivity index (χ3v) is 5.66. The summed E-state index contributed by atoms with van der Waals surface area (Å²) < 4.78 is 7.19. The normalized spacial score (nSPS) is 15.0. The summed E-state index contributed by atoms with van der Waals surface area (Å²) in [6.45, 7) is 4.69. The number of aryl methyl sites for hydroxylation is 1. The van der Waals surface area contributed by atoms with Crippen LogP contribution in [0.3, 0.4) is 0 Å². The van der Waals surface area contributed by atoms with E-state index in [2.05, 4.69) is 24.3 Å². The zero-order valence-corrected chi connectivity index (χ0v) is 15.6. The minimum Gasteiger partial charge on any atom is -0.353 e. The molecule has 5 rings (SSSR count). The van der Waals surface area contributed by atoms with Crippen molar-refractivity contribution in [1.82, 2.24) is 28.9 Å². The quantitative estimate of drug-likeness (QED) is 0.530. The summed E-state index contributed by atoms with van der Waals surface area (Å²) in [5, 5.41) is 5.21. The lowest BCUT2D eigenvalue weighted by Gasteiger charge is -2.35. The summed E-state index contributed by atoms with van der Waals surface area (Å²) in [5.74, 6) is 1.56. The molecular weight excluding hydrogens is 362 g/mol. The summed E-state index contributed by atoms with van der Waals surface area (Å²) in [4.78, 5) is 25.6. The van der Waals surface area contributed by atoms with Gasteiger partial charge < -0.3 is 9.80 Å². The first-order chi connectivity index (χ1) is 13.2. The molecule has 1 fully saturated rings. The number of piperazine rings is 1. The van der Waals surface area contributed by atoms with Crippen LogP contribution in [0.5, 0.6) is 0 Å². The molecule has 1 aliphatic heterocycles. The number of aromatic nitrogens is 5. The molecule has 4 heterocycles. The fraction of sp³-hybridized carbons (Fsp3) is 0.278. The van der Waals surface area contributed by atoms with Gasteiger partial charge in [0, 0.05) is 43.3 Å². The van der Waals surface area contributed by atoms with Crippen molar-refractivity contribution in [3.8, 4) is 0 Å². The van der Waals surface area contributed by atoms with Gasteiger partial charge in [-0.05, 0) is 24.5 Å². The number of amides is 1. The van der Waals surface area contributed by atoms with Crippen molar-refractivity contribution in [2.45, 2.75) is 6.92 Å². The Hall–Kier alpha value is -3.07. The van der Waals surface area contributed by atoms with Crippen LogP contribution >= 0.6 is 11.5 Å². The smallest absolute Gasteiger partial charge is 0.274 e. The van der Waals surface area contributed by atoms with Crippen LogP contribution in [0.1, 0.15) is 16.2 Å². The maximum atomic E-state index is 13.0. The molecular formula is C18H17N7OS. The number of benzene rings is 1. The van der Waals surface area contributed by atoms with Gasteiger partial charge in [0.25, 0.3) is 11.7 Å². The van der Waals surface area contributed by atoms with Crippen molar-refractivity contribution < 1.29 is 4.79 Å². The molecule has 4 aromatic rings. The van der Waals surface area contributed by atoms with Crippen molar-refractivity contribution in [3.05, 3.63) is 48.0 Å². The highest BCUT2D eigenvalue weighted by Gasteiger charge is 2.26. The third-order valence-electron chi connectivity index (χ3n) is 4.83. The van der Waals surface area contributed by atoms with E-state index >= 15 is 0 Å². The molecule has 3 aromatic heterocycles. The lowest BCUT2D eigenvalue weighted by molar-refractivity contribution is 0.0744. The van der Waals surface area contributed by atoms with Crippen LogP contribution in [-0.2, 0) is 0 Å². The Balaban J connectivity index is 1.37. The van der Waals surface area contributed by atoms with Gasteiger partial charge >= 0.3 is 0 Å². The average molecular weight is 379 g/mol. The van der Waals surface area contributed by atoms with Gasteiger partial charge in [-0.2, -0.15) is 19.0 Å². The Labute approximate surface area is 159 Å². The van der Waals surface area contributed by atoms with Crippen molar-refractivity contribution in [3.63, 3.8) is 0 Å². The highest BCUT2D eigenvalue weighted by Crippen LogP contribution is 2.24. The molecule has 0 spiro atoms. The fourth-order valence-corrected chi connectivity index (χ4v) is 4.23. The van der Waals surface area contributed by atoms with Crippen LogP contribution in [-0.4, -0.2) is 60.9 Å². The fourth-order valence-electron chi connectivity index (χ4n) is 3.47. The van der Waals surface area contributed by atoms with E-state index in [0.29, 0.717) is 24.6 Å². The van der Waals surface area contributed by atoms with Crippen molar-refractivity contribution >= 4 is 39.1 Å². The van der Waals surface area contributed by atoms with Crippen LogP contribution in [0.4, 0.5) is 5.82 Å². The van der Waals surface area contributed by atoms with Crippen molar-refractivity contribution in [2.75, 3.05) is 31.1 Å². The summed E-state index contributed by atoms with van der Waals surface area (Å²) in [6, 6.07) is 9.88. The van der Waals surface area contributed by atoms with Crippen LogP contribution < -0.4 is 4.90 Å². The molecule has 0 unspecified atom stereocenters. The second-order valence-electron chi connectivity index (χ2n) is 6.53. The summed E-state index contributed by atoms with van der Waals surface area (Å²) in [5.41, 5.74) is 1.46. The molecule has 8 nitrogen and oxygen atoms in total. The second kappa shape index (κ2) is 6.27. The second-order valence-corrected chi connectivity index (χ2v) is 7.34. The number of carbonyl (C=O) groups is 1. The Morgan fingerprint density at radius 1 is 1.15 bits per heavy atom. The predicted molar refractivity (Wildman–Crippen MR) is 103 cm³/mol. The Morgan fingerprint density at radius 2 is 1.96 bits per heavy atom. The molecule has 1 aromatic carbocycles. The molecule has 1 aliphatic rings. The molecule has 136 valence electrons. The highest BCUT2D eigenvalue weighted by atomic mass is 32.1. The molecule has 0 atom stereocenters. The van der Waals surface area contributed by atoms with E-state index in [1.54, 1.807) is 4.52 Å². The van der Waals surface area contributed by atoms with E-state index < -0.39 is 0 Å². The van der Waals surface area contributed by atoms with Gasteiger partial charge in [-0.3, -0.25) is 4.79 Å². The molecule has 1 amide bonds. The largest absolute Gasteiger partial charge is 0.353 e. The van der Waals surface area contributed by atoms with Gasteiger partial charge in [-0.15, -0.1) is 0 Å². The Morgan fingerprint density at radius 3 is 2.81 bits per heavy atom. The first kappa shape index (κ1) is 16.1. The maximum absolute atomic E-state index is 13.0. The van der Waals surface area contributed by atoms with E-state index in [9.17, 15) is 4.79 Å². The van der Waals surface area contributed by atoms with Gasteiger partial charge in [0.1, 0.15) is 17.8 Å². The molecule has 0 bridgehead atoms. The van der Waals surface area contributed by atoms with E-state index in [-0.39, 0.29) is 5.91 Å². The SMILES string of the molecule is Cc1cc(N2CCN(C(=O)c3nsc4ccccc34)CC2)n2ncnc2n1. The van der Waals surface area contributed by atoms with Crippen LogP contribution in [0.15, 0.2) is 36.7 Å². The lowest BCUT2D eigenvalue weighted by atomic mass is 10.2. The lowest BCUT2D eigenvalue weighted by Crippen LogP contribution is -2.49. The van der Waals surface area contributed by atoms with E-state index in [1.165, 1.54) is 17.9 Å². The number of carbonyl (C=O) groups excluding carboxylic acids is 1. The van der Waals surface area contributed by atoms with Crippen LogP contribution in [0, 0.1) is 6.92 Å². The van der Waals surface area contributed by atoms with E-state index in [0.717, 1.165) is 34.7 Å². The Kier molecular flexibility index (Phi) is 3.75. The standard InChI is InChI=1S/C18H17N7OS/c1-12-10-15(25-18(21-12)19-11-20-25)23-6-8-24(9-7-23)17(26)16-13-4-2-3-5-14(13)27-22-16/h2-5,10-11H,6-9H2,1H3. The minimum atomic E-state index is 0.00362. The molecule has 27 heavy (non-hydrogen) atoms. The first-order valence-corrected chi connectivity index (χ1v) is 9.54.